The molecule has 40 heavy (non-hydrogen) atoms. The van der Waals surface area contributed by atoms with Crippen LogP contribution in [0.5, 0.6) is 5.75 Å². The largest absolute Gasteiger partial charge is 0.494 e. The van der Waals surface area contributed by atoms with Crippen LogP contribution in [0.1, 0.15) is 61.0 Å². The Kier molecular flexibility index (Phi) is 9.43. The number of alkyl carbamates (subject to hydrolysis) is 1. The van der Waals surface area contributed by atoms with E-state index in [2.05, 4.69) is 16.0 Å². The zero-order valence-electron chi connectivity index (χ0n) is 23.2. The summed E-state index contributed by atoms with van der Waals surface area (Å²) >= 11 is 0. The predicted molar refractivity (Wildman–Crippen MR) is 153 cm³/mol. The number of hydrogen-bond donors (Lipinski definition) is 3. The lowest BCUT2D eigenvalue weighted by atomic mass is 10.1. The van der Waals surface area contributed by atoms with Crippen LogP contribution < -0.4 is 20.7 Å². The highest BCUT2D eigenvalue weighted by Crippen LogP contribution is 2.41. The molecule has 8 heteroatoms. The van der Waals surface area contributed by atoms with Crippen molar-refractivity contribution >= 4 is 17.9 Å². The second-order valence-electron chi connectivity index (χ2n) is 10.9. The molecule has 3 N–H and O–H groups in total. The maximum atomic E-state index is 13.0. The molecule has 0 saturated heterocycles. The molecule has 0 radical (unpaired) electrons. The summed E-state index contributed by atoms with van der Waals surface area (Å²) in [6.45, 7) is 6.12. The average molecular weight is 544 g/mol. The molecule has 1 fully saturated rings. The topological polar surface area (TPSA) is 106 Å². The Bertz CT molecular complexity index is 1270. The quantitative estimate of drug-likeness (QED) is 0.317. The Morgan fingerprint density at radius 1 is 0.900 bits per heavy atom. The van der Waals surface area contributed by atoms with Gasteiger partial charge in [0.25, 0.3) is 5.91 Å². The molecule has 3 amide bonds. The van der Waals surface area contributed by atoms with E-state index in [1.54, 1.807) is 24.3 Å². The highest BCUT2D eigenvalue weighted by Gasteiger charge is 2.40. The van der Waals surface area contributed by atoms with E-state index in [0.717, 1.165) is 17.5 Å². The van der Waals surface area contributed by atoms with Crippen molar-refractivity contribution in [1.82, 2.24) is 16.0 Å². The molecule has 3 aromatic rings. The maximum Gasteiger partial charge on any atom is 0.407 e. The van der Waals surface area contributed by atoms with Crippen molar-refractivity contribution in [3.8, 4) is 5.75 Å². The lowest BCUT2D eigenvalue weighted by Gasteiger charge is -2.19. The second-order valence-corrected chi connectivity index (χ2v) is 10.9. The van der Waals surface area contributed by atoms with Gasteiger partial charge in [-0.15, -0.1) is 0 Å². The van der Waals surface area contributed by atoms with Crippen LogP contribution in [-0.2, 0) is 16.1 Å². The maximum absolute atomic E-state index is 13.0. The normalized spacial score (nSPS) is 16.8. The van der Waals surface area contributed by atoms with E-state index in [0.29, 0.717) is 24.3 Å². The predicted octanol–water partition coefficient (Wildman–Crippen LogP) is 4.95. The van der Waals surface area contributed by atoms with Gasteiger partial charge in [-0.3, -0.25) is 9.59 Å². The highest BCUT2D eigenvalue weighted by molar-refractivity contribution is 5.97. The van der Waals surface area contributed by atoms with Gasteiger partial charge in [0.2, 0.25) is 5.91 Å². The minimum absolute atomic E-state index is 0.0602. The summed E-state index contributed by atoms with van der Waals surface area (Å²) in [5, 5.41) is 8.67. The number of hydrogen-bond acceptors (Lipinski definition) is 5. The third kappa shape index (κ3) is 8.86. The summed E-state index contributed by atoms with van der Waals surface area (Å²) in [6.07, 6.45) is 0.757. The van der Waals surface area contributed by atoms with Crippen molar-refractivity contribution in [3.05, 3.63) is 102 Å². The van der Waals surface area contributed by atoms with Gasteiger partial charge >= 0.3 is 6.09 Å². The van der Waals surface area contributed by atoms with Gasteiger partial charge in [0.1, 0.15) is 17.4 Å². The summed E-state index contributed by atoms with van der Waals surface area (Å²) in [6, 6.07) is 25.4. The van der Waals surface area contributed by atoms with Gasteiger partial charge in [0.05, 0.1) is 6.61 Å². The van der Waals surface area contributed by atoms with Crippen LogP contribution in [0, 0.1) is 0 Å². The van der Waals surface area contributed by atoms with E-state index in [9.17, 15) is 14.4 Å². The smallest absolute Gasteiger partial charge is 0.407 e. The lowest BCUT2D eigenvalue weighted by molar-refractivity contribution is -0.123. The van der Waals surface area contributed by atoms with Gasteiger partial charge in [-0.05, 0) is 62.6 Å². The van der Waals surface area contributed by atoms with Gasteiger partial charge in [-0.1, -0.05) is 60.7 Å². The van der Waals surface area contributed by atoms with Crippen molar-refractivity contribution < 1.29 is 23.9 Å². The molecule has 0 aliphatic heterocycles. The summed E-state index contributed by atoms with van der Waals surface area (Å²) in [7, 11) is 0. The first kappa shape index (κ1) is 28.7. The van der Waals surface area contributed by atoms with Gasteiger partial charge < -0.3 is 25.4 Å². The van der Waals surface area contributed by atoms with Crippen molar-refractivity contribution in [1.29, 1.82) is 0 Å². The van der Waals surface area contributed by atoms with Gasteiger partial charge in [0.15, 0.2) is 0 Å². The zero-order chi connectivity index (χ0) is 28.5. The van der Waals surface area contributed by atoms with Gasteiger partial charge in [0, 0.05) is 30.5 Å². The molecule has 0 spiro atoms. The third-order valence-corrected chi connectivity index (χ3v) is 6.44. The first-order valence-electron chi connectivity index (χ1n) is 13.6. The van der Waals surface area contributed by atoms with Crippen LogP contribution in [0.2, 0.25) is 0 Å². The Hall–Kier alpha value is -4.33. The van der Waals surface area contributed by atoms with Crippen LogP contribution in [0.3, 0.4) is 0 Å². The van der Waals surface area contributed by atoms with Crippen LogP contribution in [0.15, 0.2) is 84.9 Å². The molecule has 3 aromatic carbocycles. The monoisotopic (exact) mass is 543 g/mol. The van der Waals surface area contributed by atoms with Crippen LogP contribution in [0.4, 0.5) is 4.79 Å². The fourth-order valence-electron chi connectivity index (χ4n) is 4.30. The van der Waals surface area contributed by atoms with E-state index in [1.807, 2.05) is 81.4 Å². The molecule has 0 aromatic heterocycles. The Labute approximate surface area is 235 Å². The third-order valence-electron chi connectivity index (χ3n) is 6.44. The molecule has 1 aliphatic carbocycles. The van der Waals surface area contributed by atoms with E-state index in [1.165, 1.54) is 0 Å². The summed E-state index contributed by atoms with van der Waals surface area (Å²) < 4.78 is 11.3. The first-order valence-corrected chi connectivity index (χ1v) is 13.6. The van der Waals surface area contributed by atoms with E-state index < -0.39 is 17.7 Å². The molecule has 210 valence electrons. The molecule has 1 saturated carbocycles. The second kappa shape index (κ2) is 13.2. The van der Waals surface area contributed by atoms with E-state index in [-0.39, 0.29) is 30.4 Å². The number of carbonyl (C=O) groups excluding carboxylic acids is 3. The SMILES string of the molecule is CC(C)(C)OC(=O)NC1CC1c1ccc(OCC[C@H](NC(=O)c2ccccc2)C(=O)NCc2ccccc2)cc1. The number of carbonyl (C=O) groups is 3. The molecule has 1 aliphatic rings. The molecular formula is C32H37N3O5. The Morgan fingerprint density at radius 3 is 2.20 bits per heavy atom. The lowest BCUT2D eigenvalue weighted by Crippen LogP contribution is -2.47. The molecular weight excluding hydrogens is 506 g/mol. The number of benzene rings is 3. The number of nitrogens with one attached hydrogen (secondary N) is 3. The molecule has 2 unspecified atom stereocenters. The fraction of sp³-hybridized carbons (Fsp3) is 0.344. The van der Waals surface area contributed by atoms with Crippen LogP contribution in [0.25, 0.3) is 0 Å². The fourth-order valence-corrected chi connectivity index (χ4v) is 4.30. The average Bonchev–Trinajstić information content (AvgIpc) is 3.70. The molecule has 3 atom stereocenters. The number of amides is 3. The number of rotatable bonds is 11. The van der Waals surface area contributed by atoms with Crippen molar-refractivity contribution in [2.75, 3.05) is 6.61 Å². The minimum atomic E-state index is -0.762. The molecule has 8 nitrogen and oxygen atoms in total. The molecule has 4 rings (SSSR count). The number of ether oxygens (including phenoxy) is 2. The highest BCUT2D eigenvalue weighted by atomic mass is 16.6. The summed E-state index contributed by atoms with van der Waals surface area (Å²) in [5.41, 5.74) is 2.04. The van der Waals surface area contributed by atoms with Gasteiger partial charge in [-0.2, -0.15) is 0 Å². The van der Waals surface area contributed by atoms with Crippen molar-refractivity contribution in [2.45, 2.75) is 63.8 Å². The molecule has 0 heterocycles. The summed E-state index contributed by atoms with van der Waals surface area (Å²) in [5.74, 6) is 0.319. The van der Waals surface area contributed by atoms with E-state index >= 15 is 0 Å². The minimum Gasteiger partial charge on any atom is -0.494 e. The van der Waals surface area contributed by atoms with Crippen molar-refractivity contribution in [3.63, 3.8) is 0 Å². The molecule has 0 bridgehead atoms. The Balaban J connectivity index is 1.29. The van der Waals surface area contributed by atoms with Gasteiger partial charge in [-0.25, -0.2) is 4.79 Å². The summed E-state index contributed by atoms with van der Waals surface area (Å²) in [4.78, 5) is 37.8. The first-order chi connectivity index (χ1) is 19.2. The van der Waals surface area contributed by atoms with E-state index in [4.69, 9.17) is 9.47 Å². The van der Waals surface area contributed by atoms with Crippen LogP contribution >= 0.6 is 0 Å². The Morgan fingerprint density at radius 2 is 1.55 bits per heavy atom. The van der Waals surface area contributed by atoms with Crippen molar-refractivity contribution in [2.24, 2.45) is 0 Å². The standard InChI is InChI=1S/C32H37N3O5/c1-32(2,3)40-31(38)35-28-20-26(28)23-14-16-25(17-15-23)39-19-18-27(34-29(36)24-12-8-5-9-13-24)30(37)33-21-22-10-6-4-7-11-22/h4-17,26-28H,18-21H2,1-3H3,(H,33,37)(H,34,36)(H,35,38)/t26?,27-,28?/m0/s1. The van der Waals surface area contributed by atoms with Crippen LogP contribution in [-0.4, -0.2) is 42.2 Å². The zero-order valence-corrected chi connectivity index (χ0v) is 23.2.